The molecule has 0 aliphatic carbocycles. The van der Waals surface area contributed by atoms with Gasteiger partial charge in [0.15, 0.2) is 6.29 Å². The van der Waals surface area contributed by atoms with E-state index in [1.807, 2.05) is 0 Å². The van der Waals surface area contributed by atoms with E-state index in [0.29, 0.717) is 23.3 Å². The van der Waals surface area contributed by atoms with Crippen LogP contribution >= 0.6 is 11.6 Å². The molecule has 5 heteroatoms. The fraction of sp³-hybridized carbons (Fsp3) is 0.583. The van der Waals surface area contributed by atoms with E-state index in [9.17, 15) is 4.79 Å². The molecule has 17 heavy (non-hydrogen) atoms. The molecule has 0 amide bonds. The third kappa shape index (κ3) is 2.27. The molecule has 0 N–H and O–H groups in total. The van der Waals surface area contributed by atoms with Crippen LogP contribution < -0.4 is 4.90 Å². The maximum Gasteiger partial charge on any atom is 0.156 e. The summed E-state index contributed by atoms with van der Waals surface area (Å²) in [4.78, 5) is 21.3. The maximum atomic E-state index is 11.1. The Morgan fingerprint density at radius 1 is 1.53 bits per heavy atom. The molecule has 1 aliphatic heterocycles. The number of hydrogen-bond acceptors (Lipinski definition) is 4. The minimum Gasteiger partial charge on any atom is -0.353 e. The standard InChI is InChI=1S/C12H16ClN3O/c1-8(2)10-4-3-5-16(10)12-9(6-17)11(13)14-7-15-12/h6-8,10H,3-5H2,1-2H3. The lowest BCUT2D eigenvalue weighted by molar-refractivity contribution is 0.112. The van der Waals surface area contributed by atoms with Gasteiger partial charge in [-0.2, -0.15) is 0 Å². The topological polar surface area (TPSA) is 46.1 Å². The highest BCUT2D eigenvalue weighted by Gasteiger charge is 2.30. The van der Waals surface area contributed by atoms with Crippen molar-refractivity contribution < 1.29 is 4.79 Å². The highest BCUT2D eigenvalue weighted by atomic mass is 35.5. The Hall–Kier alpha value is -1.16. The highest BCUT2D eigenvalue weighted by molar-refractivity contribution is 6.32. The van der Waals surface area contributed by atoms with Gasteiger partial charge in [0.05, 0.1) is 5.56 Å². The van der Waals surface area contributed by atoms with Gasteiger partial charge in [0, 0.05) is 12.6 Å². The van der Waals surface area contributed by atoms with Crippen molar-refractivity contribution >= 4 is 23.7 Å². The smallest absolute Gasteiger partial charge is 0.156 e. The van der Waals surface area contributed by atoms with Crippen LogP contribution in [0.15, 0.2) is 6.33 Å². The normalized spacial score (nSPS) is 20.0. The number of carbonyl (C=O) groups is 1. The van der Waals surface area contributed by atoms with Gasteiger partial charge in [-0.25, -0.2) is 9.97 Å². The van der Waals surface area contributed by atoms with Gasteiger partial charge in [0.25, 0.3) is 0 Å². The second-order valence-corrected chi connectivity index (χ2v) is 5.02. The van der Waals surface area contributed by atoms with Crippen LogP contribution in [0.2, 0.25) is 5.15 Å². The zero-order valence-electron chi connectivity index (χ0n) is 10.1. The quantitative estimate of drug-likeness (QED) is 0.614. The molecule has 1 fully saturated rings. The summed E-state index contributed by atoms with van der Waals surface area (Å²) in [7, 11) is 0. The summed E-state index contributed by atoms with van der Waals surface area (Å²) in [5.41, 5.74) is 0.404. The van der Waals surface area contributed by atoms with E-state index in [-0.39, 0.29) is 5.15 Å². The fourth-order valence-corrected chi connectivity index (χ4v) is 2.62. The molecular formula is C12H16ClN3O. The van der Waals surface area contributed by atoms with Crippen LogP contribution in [-0.4, -0.2) is 28.8 Å². The molecule has 1 aliphatic rings. The van der Waals surface area contributed by atoms with E-state index in [1.165, 1.54) is 6.33 Å². The van der Waals surface area contributed by atoms with E-state index in [2.05, 4.69) is 28.7 Å². The lowest BCUT2D eigenvalue weighted by atomic mass is 10.0. The number of anilines is 1. The number of carbonyl (C=O) groups excluding carboxylic acids is 1. The minimum atomic E-state index is 0.236. The van der Waals surface area contributed by atoms with E-state index < -0.39 is 0 Å². The van der Waals surface area contributed by atoms with E-state index in [1.54, 1.807) is 0 Å². The molecule has 1 atom stereocenters. The fourth-order valence-electron chi connectivity index (χ4n) is 2.44. The van der Waals surface area contributed by atoms with Gasteiger partial charge in [-0.3, -0.25) is 4.79 Å². The first-order valence-electron chi connectivity index (χ1n) is 5.87. The molecule has 2 heterocycles. The largest absolute Gasteiger partial charge is 0.353 e. The molecule has 1 saturated heterocycles. The van der Waals surface area contributed by atoms with Gasteiger partial charge < -0.3 is 4.90 Å². The number of halogens is 1. The molecule has 2 rings (SSSR count). The predicted molar refractivity (Wildman–Crippen MR) is 67.6 cm³/mol. The van der Waals surface area contributed by atoms with Gasteiger partial charge >= 0.3 is 0 Å². The van der Waals surface area contributed by atoms with Crippen molar-refractivity contribution in [3.63, 3.8) is 0 Å². The summed E-state index contributed by atoms with van der Waals surface area (Å²) in [6.07, 6.45) is 4.42. The van der Waals surface area contributed by atoms with Gasteiger partial charge in [-0.05, 0) is 18.8 Å². The third-order valence-corrected chi connectivity index (χ3v) is 3.57. The Bertz CT molecular complexity index is 422. The molecule has 1 unspecified atom stereocenters. The Balaban J connectivity index is 2.39. The molecular weight excluding hydrogens is 238 g/mol. The first kappa shape index (κ1) is 12.3. The molecule has 0 spiro atoms. The van der Waals surface area contributed by atoms with Crippen LogP contribution in [0.1, 0.15) is 37.0 Å². The zero-order valence-corrected chi connectivity index (χ0v) is 10.8. The molecule has 1 aromatic rings. The summed E-state index contributed by atoms with van der Waals surface area (Å²) in [6, 6.07) is 0.430. The summed E-state index contributed by atoms with van der Waals surface area (Å²) in [5.74, 6) is 1.21. The van der Waals surface area contributed by atoms with Crippen molar-refractivity contribution in [2.45, 2.75) is 32.7 Å². The van der Waals surface area contributed by atoms with Crippen LogP contribution in [0.25, 0.3) is 0 Å². The third-order valence-electron chi connectivity index (χ3n) is 3.27. The Morgan fingerprint density at radius 2 is 2.29 bits per heavy atom. The molecule has 0 saturated carbocycles. The van der Waals surface area contributed by atoms with Gasteiger partial charge in [0.2, 0.25) is 0 Å². The van der Waals surface area contributed by atoms with E-state index >= 15 is 0 Å². The highest BCUT2D eigenvalue weighted by Crippen LogP contribution is 2.31. The van der Waals surface area contributed by atoms with Crippen molar-refractivity contribution in [3.05, 3.63) is 17.0 Å². The van der Waals surface area contributed by atoms with Crippen molar-refractivity contribution in [1.82, 2.24) is 9.97 Å². The first-order valence-corrected chi connectivity index (χ1v) is 6.25. The summed E-state index contributed by atoms with van der Waals surface area (Å²) >= 11 is 5.93. The van der Waals surface area contributed by atoms with Gasteiger partial charge in [-0.15, -0.1) is 0 Å². The second kappa shape index (κ2) is 5.00. The summed E-state index contributed by atoms with van der Waals surface area (Å²) in [5, 5.41) is 0.236. The molecule has 0 bridgehead atoms. The summed E-state index contributed by atoms with van der Waals surface area (Å²) < 4.78 is 0. The second-order valence-electron chi connectivity index (χ2n) is 4.67. The monoisotopic (exact) mass is 253 g/mol. The number of aromatic nitrogens is 2. The number of hydrogen-bond donors (Lipinski definition) is 0. The number of nitrogens with zero attached hydrogens (tertiary/aromatic N) is 3. The SMILES string of the molecule is CC(C)C1CCCN1c1ncnc(Cl)c1C=O. The van der Waals surface area contributed by atoms with Crippen LogP contribution in [0.3, 0.4) is 0 Å². The van der Waals surface area contributed by atoms with Crippen molar-refractivity contribution in [3.8, 4) is 0 Å². The molecule has 0 aromatic carbocycles. The molecule has 4 nitrogen and oxygen atoms in total. The van der Waals surface area contributed by atoms with Crippen LogP contribution in [0.5, 0.6) is 0 Å². The van der Waals surface area contributed by atoms with Crippen LogP contribution in [0, 0.1) is 5.92 Å². The summed E-state index contributed by atoms with van der Waals surface area (Å²) in [6.45, 7) is 5.30. The lowest BCUT2D eigenvalue weighted by Crippen LogP contribution is -2.34. The van der Waals surface area contributed by atoms with Crippen LogP contribution in [0.4, 0.5) is 5.82 Å². The Morgan fingerprint density at radius 3 is 2.94 bits per heavy atom. The number of aldehydes is 1. The predicted octanol–water partition coefficient (Wildman–Crippen LogP) is 2.57. The van der Waals surface area contributed by atoms with Crippen molar-refractivity contribution in [2.24, 2.45) is 5.92 Å². The lowest BCUT2D eigenvalue weighted by Gasteiger charge is -2.29. The molecule has 0 radical (unpaired) electrons. The average molecular weight is 254 g/mol. The molecule has 1 aromatic heterocycles. The van der Waals surface area contributed by atoms with Crippen LogP contribution in [-0.2, 0) is 0 Å². The van der Waals surface area contributed by atoms with Crippen molar-refractivity contribution in [2.75, 3.05) is 11.4 Å². The van der Waals surface area contributed by atoms with E-state index in [4.69, 9.17) is 11.6 Å². The average Bonchev–Trinajstić information content (AvgIpc) is 2.77. The zero-order chi connectivity index (χ0) is 12.4. The molecule has 92 valence electrons. The Kier molecular flexibility index (Phi) is 3.62. The van der Waals surface area contributed by atoms with E-state index in [0.717, 1.165) is 25.7 Å². The van der Waals surface area contributed by atoms with Crippen molar-refractivity contribution in [1.29, 1.82) is 0 Å². The van der Waals surface area contributed by atoms with Gasteiger partial charge in [0.1, 0.15) is 17.3 Å². The number of rotatable bonds is 3. The Labute approximate surface area is 106 Å². The first-order chi connectivity index (χ1) is 8.15. The minimum absolute atomic E-state index is 0.236. The maximum absolute atomic E-state index is 11.1. The van der Waals surface area contributed by atoms with Gasteiger partial charge in [-0.1, -0.05) is 25.4 Å².